The second-order valence-corrected chi connectivity index (χ2v) is 7.86. The lowest BCUT2D eigenvalue weighted by Crippen LogP contribution is -2.46. The van der Waals surface area contributed by atoms with Crippen molar-refractivity contribution < 1.29 is 4.39 Å². The van der Waals surface area contributed by atoms with Crippen LogP contribution in [-0.4, -0.2) is 40.6 Å². The fourth-order valence-corrected chi connectivity index (χ4v) is 4.18. The van der Waals surface area contributed by atoms with Crippen LogP contribution in [0.5, 0.6) is 0 Å². The number of benzene rings is 3. The number of hydrogen-bond acceptors (Lipinski definition) is 3. The van der Waals surface area contributed by atoms with Crippen molar-refractivity contribution in [3.05, 3.63) is 95.8 Å². The van der Waals surface area contributed by atoms with Crippen LogP contribution in [0.4, 0.5) is 10.3 Å². The Balaban J connectivity index is 1.37. The Kier molecular flexibility index (Phi) is 5.20. The van der Waals surface area contributed by atoms with Crippen LogP contribution >= 0.6 is 0 Å². The van der Waals surface area contributed by atoms with Gasteiger partial charge in [-0.15, -0.1) is 0 Å². The molecule has 1 fully saturated rings. The van der Waals surface area contributed by atoms with Crippen LogP contribution in [0.25, 0.3) is 11.0 Å². The first-order valence-corrected chi connectivity index (χ1v) is 10.5. The van der Waals surface area contributed by atoms with E-state index in [0.29, 0.717) is 6.54 Å². The molecule has 1 aliphatic rings. The van der Waals surface area contributed by atoms with Gasteiger partial charge in [0.15, 0.2) is 0 Å². The maximum atomic E-state index is 13.3. The standard InChI is InChI=1S/C25H25FN4/c26-22-12-10-21(11-13-22)19-30-24-9-5-4-8-23(24)27-25(30)29-16-14-28(15-17-29)18-20-6-2-1-3-7-20/h1-13H,14-19H2. The van der Waals surface area contributed by atoms with E-state index in [2.05, 4.69) is 56.8 Å². The van der Waals surface area contributed by atoms with Crippen LogP contribution in [-0.2, 0) is 13.1 Å². The zero-order chi connectivity index (χ0) is 20.3. The Bertz CT molecular complexity index is 1110. The Morgan fingerprint density at radius 3 is 2.13 bits per heavy atom. The van der Waals surface area contributed by atoms with Gasteiger partial charge in [0.1, 0.15) is 5.82 Å². The molecule has 5 rings (SSSR count). The summed E-state index contributed by atoms with van der Waals surface area (Å²) in [6, 6.07) is 25.6. The molecule has 1 aromatic heterocycles. The van der Waals surface area contributed by atoms with Gasteiger partial charge in [0.25, 0.3) is 0 Å². The predicted octanol–water partition coefficient (Wildman–Crippen LogP) is 4.55. The second kappa shape index (κ2) is 8.28. The van der Waals surface area contributed by atoms with Crippen LogP contribution in [0.2, 0.25) is 0 Å². The zero-order valence-electron chi connectivity index (χ0n) is 16.9. The third-order valence-electron chi connectivity index (χ3n) is 5.79. The van der Waals surface area contributed by atoms with E-state index in [4.69, 9.17) is 4.98 Å². The monoisotopic (exact) mass is 400 g/mol. The van der Waals surface area contributed by atoms with E-state index in [0.717, 1.165) is 55.3 Å². The summed E-state index contributed by atoms with van der Waals surface area (Å²) >= 11 is 0. The molecule has 0 unspecified atom stereocenters. The minimum Gasteiger partial charge on any atom is -0.340 e. The van der Waals surface area contributed by atoms with Crippen LogP contribution in [0, 0.1) is 5.82 Å². The molecule has 1 saturated heterocycles. The van der Waals surface area contributed by atoms with Gasteiger partial charge in [0.2, 0.25) is 5.95 Å². The summed E-state index contributed by atoms with van der Waals surface area (Å²) in [6.45, 7) is 5.57. The Morgan fingerprint density at radius 2 is 1.37 bits per heavy atom. The van der Waals surface area contributed by atoms with Crippen molar-refractivity contribution in [2.45, 2.75) is 13.1 Å². The first-order chi connectivity index (χ1) is 14.8. The van der Waals surface area contributed by atoms with E-state index < -0.39 is 0 Å². The molecular weight excluding hydrogens is 375 g/mol. The number of nitrogens with zero attached hydrogens (tertiary/aromatic N) is 4. The number of imidazole rings is 1. The summed E-state index contributed by atoms with van der Waals surface area (Å²) in [4.78, 5) is 9.83. The minimum absolute atomic E-state index is 0.205. The normalized spacial score (nSPS) is 15.0. The summed E-state index contributed by atoms with van der Waals surface area (Å²) in [6.07, 6.45) is 0. The lowest BCUT2D eigenvalue weighted by molar-refractivity contribution is 0.248. The van der Waals surface area contributed by atoms with Crippen LogP contribution in [0.3, 0.4) is 0 Å². The van der Waals surface area contributed by atoms with E-state index in [1.807, 2.05) is 24.3 Å². The van der Waals surface area contributed by atoms with Crippen molar-refractivity contribution in [3.8, 4) is 0 Å². The van der Waals surface area contributed by atoms with Gasteiger partial charge in [0, 0.05) is 32.7 Å². The molecule has 0 N–H and O–H groups in total. The number of piperazine rings is 1. The van der Waals surface area contributed by atoms with Crippen LogP contribution < -0.4 is 4.90 Å². The number of anilines is 1. The lowest BCUT2D eigenvalue weighted by Gasteiger charge is -2.35. The largest absolute Gasteiger partial charge is 0.340 e. The minimum atomic E-state index is -0.205. The molecule has 0 aliphatic carbocycles. The molecular formula is C25H25FN4. The van der Waals surface area contributed by atoms with Gasteiger partial charge >= 0.3 is 0 Å². The predicted molar refractivity (Wildman–Crippen MR) is 119 cm³/mol. The summed E-state index contributed by atoms with van der Waals surface area (Å²) in [5.74, 6) is 0.795. The third kappa shape index (κ3) is 3.94. The molecule has 152 valence electrons. The molecule has 4 aromatic rings. The first kappa shape index (κ1) is 18.8. The van der Waals surface area contributed by atoms with Gasteiger partial charge in [-0.3, -0.25) is 4.90 Å². The van der Waals surface area contributed by atoms with Gasteiger partial charge < -0.3 is 9.47 Å². The number of aromatic nitrogens is 2. The molecule has 5 heteroatoms. The number of rotatable bonds is 5. The molecule has 0 saturated carbocycles. The number of fused-ring (bicyclic) bond motifs is 1. The van der Waals surface area contributed by atoms with Crippen molar-refractivity contribution in [2.24, 2.45) is 0 Å². The van der Waals surface area contributed by atoms with E-state index in [-0.39, 0.29) is 5.82 Å². The summed E-state index contributed by atoms with van der Waals surface area (Å²) in [5, 5.41) is 0. The molecule has 0 atom stereocenters. The fourth-order valence-electron chi connectivity index (χ4n) is 4.18. The molecule has 2 heterocycles. The average molecular weight is 401 g/mol. The summed E-state index contributed by atoms with van der Waals surface area (Å²) < 4.78 is 15.6. The Labute approximate surface area is 176 Å². The van der Waals surface area contributed by atoms with Crippen molar-refractivity contribution in [1.29, 1.82) is 0 Å². The highest BCUT2D eigenvalue weighted by Crippen LogP contribution is 2.25. The highest BCUT2D eigenvalue weighted by Gasteiger charge is 2.22. The Morgan fingerprint density at radius 1 is 0.700 bits per heavy atom. The summed E-state index contributed by atoms with van der Waals surface area (Å²) in [7, 11) is 0. The topological polar surface area (TPSA) is 24.3 Å². The molecule has 0 spiro atoms. The van der Waals surface area contributed by atoms with Crippen molar-refractivity contribution in [1.82, 2.24) is 14.5 Å². The fraction of sp³-hybridized carbons (Fsp3) is 0.240. The van der Waals surface area contributed by atoms with Gasteiger partial charge in [0.05, 0.1) is 17.6 Å². The van der Waals surface area contributed by atoms with Crippen molar-refractivity contribution in [2.75, 3.05) is 31.1 Å². The molecule has 30 heavy (non-hydrogen) atoms. The second-order valence-electron chi connectivity index (χ2n) is 7.86. The zero-order valence-corrected chi connectivity index (χ0v) is 16.9. The lowest BCUT2D eigenvalue weighted by atomic mass is 10.2. The molecule has 0 radical (unpaired) electrons. The average Bonchev–Trinajstić information content (AvgIpc) is 3.15. The SMILES string of the molecule is Fc1ccc(Cn2c(N3CCN(Cc4ccccc4)CC3)nc3ccccc32)cc1. The van der Waals surface area contributed by atoms with E-state index in [1.54, 1.807) is 0 Å². The quantitative estimate of drug-likeness (QED) is 0.491. The van der Waals surface area contributed by atoms with Gasteiger partial charge in [-0.2, -0.15) is 0 Å². The maximum Gasteiger partial charge on any atom is 0.206 e. The number of para-hydroxylation sites is 2. The van der Waals surface area contributed by atoms with E-state index in [9.17, 15) is 4.39 Å². The van der Waals surface area contributed by atoms with E-state index in [1.165, 1.54) is 17.7 Å². The molecule has 0 bridgehead atoms. The van der Waals surface area contributed by atoms with Crippen molar-refractivity contribution in [3.63, 3.8) is 0 Å². The first-order valence-electron chi connectivity index (χ1n) is 10.5. The smallest absolute Gasteiger partial charge is 0.206 e. The highest BCUT2D eigenvalue weighted by atomic mass is 19.1. The molecule has 0 amide bonds. The third-order valence-corrected chi connectivity index (χ3v) is 5.79. The summed E-state index contributed by atoms with van der Waals surface area (Å²) in [5.41, 5.74) is 4.54. The van der Waals surface area contributed by atoms with Crippen LogP contribution in [0.1, 0.15) is 11.1 Å². The van der Waals surface area contributed by atoms with Gasteiger partial charge in [-0.1, -0.05) is 54.6 Å². The number of halogens is 1. The molecule has 4 nitrogen and oxygen atoms in total. The number of hydrogen-bond donors (Lipinski definition) is 0. The van der Waals surface area contributed by atoms with Crippen LogP contribution in [0.15, 0.2) is 78.9 Å². The van der Waals surface area contributed by atoms with Gasteiger partial charge in [-0.05, 0) is 35.4 Å². The van der Waals surface area contributed by atoms with E-state index >= 15 is 0 Å². The maximum absolute atomic E-state index is 13.3. The highest BCUT2D eigenvalue weighted by molar-refractivity contribution is 5.79. The molecule has 3 aromatic carbocycles. The molecule has 1 aliphatic heterocycles. The van der Waals surface area contributed by atoms with Crippen molar-refractivity contribution >= 4 is 17.0 Å². The Hall–Kier alpha value is -3.18. The van der Waals surface area contributed by atoms with Gasteiger partial charge in [-0.25, -0.2) is 9.37 Å².